The van der Waals surface area contributed by atoms with Crippen LogP contribution in [-0.4, -0.2) is 0 Å². The van der Waals surface area contributed by atoms with E-state index >= 15 is 0 Å². The molecule has 0 bridgehead atoms. The largest absolute Gasteiger partial charge is 0.247 e. The number of hydrogen-bond acceptors (Lipinski definition) is 2. The minimum atomic E-state index is 0.967. The van der Waals surface area contributed by atoms with E-state index in [1.54, 1.807) is 0 Å². The molecule has 0 atom stereocenters. The fourth-order valence-electron chi connectivity index (χ4n) is 6.95. The maximum Gasteiger partial charge on any atom is 0.0817 e. The molecule has 2 nitrogen and oxygen atoms in total. The Hall–Kier alpha value is -5.86. The topological polar surface area (TPSA) is 24.7 Å². The van der Waals surface area contributed by atoms with Crippen molar-refractivity contribution in [3.8, 4) is 55.6 Å². The number of nitrogens with zero attached hydrogens (tertiary/aromatic N) is 2. The Balaban J connectivity index is 1.55. The van der Waals surface area contributed by atoms with Crippen molar-refractivity contribution < 1.29 is 0 Å². The average molecular weight is 559 g/mol. The molecule has 0 aromatic heterocycles. The highest BCUT2D eigenvalue weighted by molar-refractivity contribution is 6.15. The van der Waals surface area contributed by atoms with Crippen molar-refractivity contribution in [1.82, 2.24) is 0 Å². The van der Waals surface area contributed by atoms with E-state index in [0.29, 0.717) is 0 Å². The first-order chi connectivity index (χ1) is 21.9. The van der Waals surface area contributed by atoms with Crippen LogP contribution in [0.25, 0.3) is 55.6 Å². The first kappa shape index (κ1) is 24.7. The zero-order chi connectivity index (χ0) is 29.0. The highest BCUT2D eigenvalue weighted by Gasteiger charge is 2.32. The summed E-state index contributed by atoms with van der Waals surface area (Å²) in [5, 5.41) is 4.32. The van der Waals surface area contributed by atoms with Crippen LogP contribution >= 0.6 is 0 Å². The molecule has 0 spiro atoms. The van der Waals surface area contributed by atoms with Crippen LogP contribution in [0.5, 0.6) is 0 Å². The Bertz CT molecular complexity index is 2450. The zero-order valence-corrected chi connectivity index (χ0v) is 23.9. The Morgan fingerprint density at radius 3 is 1.25 bits per heavy atom. The number of para-hydroxylation sites is 1. The van der Waals surface area contributed by atoms with Crippen LogP contribution in [0.1, 0.15) is 0 Å². The van der Waals surface area contributed by atoms with Gasteiger partial charge in [-0.25, -0.2) is 9.98 Å². The lowest BCUT2D eigenvalue weighted by atomic mass is 9.78. The van der Waals surface area contributed by atoms with E-state index in [1.165, 1.54) is 33.0 Å². The molecule has 0 fully saturated rings. The van der Waals surface area contributed by atoms with Gasteiger partial charge in [0.25, 0.3) is 0 Å². The third-order valence-corrected chi connectivity index (χ3v) is 8.79. The monoisotopic (exact) mass is 558 g/mol. The number of rotatable bonds is 4. The maximum absolute atomic E-state index is 5.48. The molecule has 0 N–H and O–H groups in total. The smallest absolute Gasteiger partial charge is 0.0817 e. The molecular weight excluding hydrogens is 532 g/mol. The molecule has 0 saturated heterocycles. The fraction of sp³-hybridized carbons (Fsp3) is 0. The van der Waals surface area contributed by atoms with E-state index in [9.17, 15) is 0 Å². The van der Waals surface area contributed by atoms with Crippen molar-refractivity contribution in [2.75, 3.05) is 0 Å². The van der Waals surface area contributed by atoms with Gasteiger partial charge < -0.3 is 0 Å². The summed E-state index contributed by atoms with van der Waals surface area (Å²) in [5.41, 5.74) is 13.6. The van der Waals surface area contributed by atoms with Crippen LogP contribution in [0.3, 0.4) is 0 Å². The second-order valence-electron chi connectivity index (χ2n) is 11.3. The Kier molecular flexibility index (Phi) is 5.54. The van der Waals surface area contributed by atoms with Crippen molar-refractivity contribution in [2.24, 2.45) is 9.98 Å². The lowest BCUT2D eigenvalue weighted by Crippen LogP contribution is -2.02. The quantitative estimate of drug-likeness (QED) is 0.205. The molecule has 2 heteroatoms. The van der Waals surface area contributed by atoms with Gasteiger partial charge in [0.2, 0.25) is 0 Å². The lowest BCUT2D eigenvalue weighted by Gasteiger charge is -2.25. The van der Waals surface area contributed by atoms with Gasteiger partial charge in [0.15, 0.2) is 0 Å². The van der Waals surface area contributed by atoms with Gasteiger partial charge in [0.1, 0.15) is 0 Å². The first-order valence-electron chi connectivity index (χ1n) is 15.0. The maximum atomic E-state index is 5.48. The molecule has 0 amide bonds. The van der Waals surface area contributed by atoms with E-state index in [2.05, 4.69) is 158 Å². The third-order valence-electron chi connectivity index (χ3n) is 8.79. The first-order valence-corrected chi connectivity index (χ1v) is 15.0. The predicted molar refractivity (Wildman–Crippen MR) is 179 cm³/mol. The van der Waals surface area contributed by atoms with E-state index in [0.717, 1.165) is 55.1 Å². The van der Waals surface area contributed by atoms with Gasteiger partial charge >= 0.3 is 0 Å². The molecule has 204 valence electrons. The molecule has 0 unspecified atom stereocenters. The van der Waals surface area contributed by atoms with Crippen LogP contribution in [0.15, 0.2) is 168 Å². The van der Waals surface area contributed by atoms with Crippen LogP contribution < -0.4 is 10.7 Å². The Morgan fingerprint density at radius 2 is 0.682 bits per heavy atom. The minimum absolute atomic E-state index is 0.967. The molecule has 0 saturated carbocycles. The summed E-state index contributed by atoms with van der Waals surface area (Å²) >= 11 is 0. The molecule has 2 aliphatic rings. The molecule has 9 rings (SSSR count). The summed E-state index contributed by atoms with van der Waals surface area (Å²) in [6.07, 6.45) is 0. The van der Waals surface area contributed by atoms with Crippen molar-refractivity contribution in [2.45, 2.75) is 0 Å². The number of benzene rings is 7. The van der Waals surface area contributed by atoms with E-state index in [4.69, 9.17) is 9.98 Å². The van der Waals surface area contributed by atoms with Crippen LogP contribution in [0, 0.1) is 10.4 Å². The van der Waals surface area contributed by atoms with E-state index < -0.39 is 0 Å². The van der Waals surface area contributed by atoms with Crippen LogP contribution in [-0.2, 0) is 0 Å². The van der Waals surface area contributed by atoms with Gasteiger partial charge in [-0.05, 0) is 46.0 Å². The van der Waals surface area contributed by atoms with Gasteiger partial charge in [0, 0.05) is 38.3 Å². The van der Waals surface area contributed by atoms with Crippen LogP contribution in [0.2, 0.25) is 0 Å². The molecular formula is C42H26N2. The highest BCUT2D eigenvalue weighted by atomic mass is 14.8. The van der Waals surface area contributed by atoms with E-state index in [1.807, 2.05) is 0 Å². The molecule has 0 aliphatic carbocycles. The second-order valence-corrected chi connectivity index (χ2v) is 11.3. The number of hydrogen-bond donors (Lipinski definition) is 0. The summed E-state index contributed by atoms with van der Waals surface area (Å²) < 4.78 is 0. The fourth-order valence-corrected chi connectivity index (χ4v) is 6.95. The standard InChI is InChI=1S/C42H26N2/c1-5-15-27(16-6-1)35-36(28-17-7-2-8-18-28)38(30-21-11-4-12-22-30)42-40(37(35)29-19-9-3-10-20-29)39-34(44-42)26-25-32-31-23-13-14-24-33(31)43-41(32)39/h1-26H. The normalized spacial score (nSPS) is 12.0. The second kappa shape index (κ2) is 9.86. The molecule has 0 radical (unpaired) electrons. The van der Waals surface area contributed by atoms with Crippen molar-refractivity contribution >= 4 is 11.4 Å². The summed E-state index contributed by atoms with van der Waals surface area (Å²) in [6, 6.07) is 56.0. The molecule has 44 heavy (non-hydrogen) atoms. The summed E-state index contributed by atoms with van der Waals surface area (Å²) in [6.45, 7) is 0. The Labute approximate surface area is 255 Å². The summed E-state index contributed by atoms with van der Waals surface area (Å²) in [4.78, 5) is 10.7. The highest BCUT2D eigenvalue weighted by Crippen LogP contribution is 2.58. The summed E-state index contributed by atoms with van der Waals surface area (Å²) in [7, 11) is 0. The molecule has 7 aromatic rings. The molecule has 2 heterocycles. The lowest BCUT2D eigenvalue weighted by molar-refractivity contribution is 1.36. The SMILES string of the molecule is c1ccc(-c2c3c(c(-c4ccccc4)c(-c4ccccc4)c2-c2ccccc2)-c2c4c(ccc2=N3)=c2ccccc2=N4)cc1. The average Bonchev–Trinajstić information content (AvgIpc) is 3.67. The predicted octanol–water partition coefficient (Wildman–Crippen LogP) is 9.84. The number of fused-ring (bicyclic) bond motifs is 6. The Morgan fingerprint density at radius 1 is 0.250 bits per heavy atom. The van der Waals surface area contributed by atoms with Crippen molar-refractivity contribution in [3.05, 3.63) is 179 Å². The molecule has 2 aliphatic heterocycles. The van der Waals surface area contributed by atoms with Crippen molar-refractivity contribution in [3.63, 3.8) is 0 Å². The van der Waals surface area contributed by atoms with Gasteiger partial charge in [-0.1, -0.05) is 140 Å². The van der Waals surface area contributed by atoms with E-state index in [-0.39, 0.29) is 0 Å². The van der Waals surface area contributed by atoms with Crippen LogP contribution in [0.4, 0.5) is 11.4 Å². The molecule has 7 aromatic carbocycles. The zero-order valence-electron chi connectivity index (χ0n) is 23.9. The van der Waals surface area contributed by atoms with Crippen molar-refractivity contribution in [1.29, 1.82) is 0 Å². The van der Waals surface area contributed by atoms with Gasteiger partial charge in [-0.3, -0.25) is 0 Å². The summed E-state index contributed by atoms with van der Waals surface area (Å²) in [5.74, 6) is 0. The minimum Gasteiger partial charge on any atom is -0.247 e. The van der Waals surface area contributed by atoms with Gasteiger partial charge in [-0.2, -0.15) is 0 Å². The van der Waals surface area contributed by atoms with Gasteiger partial charge in [0.05, 0.1) is 22.1 Å². The van der Waals surface area contributed by atoms with Gasteiger partial charge in [-0.15, -0.1) is 0 Å². The third kappa shape index (κ3) is 3.68.